The molecule has 0 radical (unpaired) electrons. The van der Waals surface area contributed by atoms with Crippen LogP contribution in [0.2, 0.25) is 0 Å². The zero-order valence-electron chi connectivity index (χ0n) is 16.5. The van der Waals surface area contributed by atoms with E-state index in [0.29, 0.717) is 23.0 Å². The van der Waals surface area contributed by atoms with E-state index < -0.39 is 18.0 Å². The van der Waals surface area contributed by atoms with Gasteiger partial charge in [-0.1, -0.05) is 6.07 Å². The van der Waals surface area contributed by atoms with Gasteiger partial charge in [-0.05, 0) is 64.3 Å². The topological polar surface area (TPSA) is 69.6 Å². The number of hydrogen-bond acceptors (Lipinski definition) is 4. The fourth-order valence-corrected chi connectivity index (χ4v) is 3.31. The molecule has 27 heavy (non-hydrogen) atoms. The largest absolute Gasteiger partial charge is 0.495 e. The Hall–Kier alpha value is -2.76. The molecular formula is C21H26N2O4. The summed E-state index contributed by atoms with van der Waals surface area (Å²) in [6, 6.07) is 7.82. The van der Waals surface area contributed by atoms with Gasteiger partial charge in [0.15, 0.2) is 6.10 Å². The van der Waals surface area contributed by atoms with Crippen LogP contribution in [-0.4, -0.2) is 29.7 Å². The van der Waals surface area contributed by atoms with Crippen LogP contribution in [0.4, 0.5) is 5.69 Å². The molecule has 1 amide bonds. The van der Waals surface area contributed by atoms with E-state index in [2.05, 4.69) is 9.88 Å². The van der Waals surface area contributed by atoms with E-state index in [1.54, 1.807) is 20.1 Å². The van der Waals surface area contributed by atoms with Crippen molar-refractivity contribution in [2.24, 2.45) is 0 Å². The number of benzene rings is 1. The Kier molecular flexibility index (Phi) is 5.26. The van der Waals surface area contributed by atoms with Crippen molar-refractivity contribution < 1.29 is 19.1 Å². The zero-order chi connectivity index (χ0) is 19.7. The number of aromatic nitrogens is 1. The first-order valence-electron chi connectivity index (χ1n) is 9.16. The predicted molar refractivity (Wildman–Crippen MR) is 103 cm³/mol. The van der Waals surface area contributed by atoms with Crippen molar-refractivity contribution in [3.05, 3.63) is 46.8 Å². The van der Waals surface area contributed by atoms with Gasteiger partial charge in [0.2, 0.25) is 0 Å². The molecule has 1 aromatic heterocycles. The molecule has 1 aromatic carbocycles. The van der Waals surface area contributed by atoms with Crippen molar-refractivity contribution in [3.63, 3.8) is 0 Å². The number of aryl methyl sites for hydroxylation is 2. The van der Waals surface area contributed by atoms with E-state index in [-0.39, 0.29) is 0 Å². The number of hydrogen-bond donors (Lipinski definition) is 1. The standard InChI is InChI=1S/C21H26N2O4/c1-12-6-9-19(26-5)18(10-12)22-20(24)15(4)27-21(25)17-11-13(2)23(14(17)3)16-7-8-16/h6,9-11,15-16H,7-8H2,1-5H3,(H,22,24)/t15-/m1/s1. The second kappa shape index (κ2) is 7.47. The molecule has 1 aliphatic rings. The Morgan fingerprint density at radius 1 is 1.19 bits per heavy atom. The molecule has 6 nitrogen and oxygen atoms in total. The summed E-state index contributed by atoms with van der Waals surface area (Å²) >= 11 is 0. The molecule has 2 aromatic rings. The number of methoxy groups -OCH3 is 1. The molecule has 1 fully saturated rings. The van der Waals surface area contributed by atoms with Gasteiger partial charge in [-0.15, -0.1) is 0 Å². The molecule has 0 unspecified atom stereocenters. The average Bonchev–Trinajstić information content (AvgIpc) is 3.40. The van der Waals surface area contributed by atoms with Crippen molar-refractivity contribution >= 4 is 17.6 Å². The highest BCUT2D eigenvalue weighted by molar-refractivity contribution is 5.98. The number of amides is 1. The van der Waals surface area contributed by atoms with Crippen molar-refractivity contribution in [1.82, 2.24) is 4.57 Å². The summed E-state index contributed by atoms with van der Waals surface area (Å²) in [5.74, 6) is -0.322. The first-order chi connectivity index (χ1) is 12.8. The maximum Gasteiger partial charge on any atom is 0.340 e. The van der Waals surface area contributed by atoms with Crippen LogP contribution in [0.15, 0.2) is 24.3 Å². The molecule has 0 spiro atoms. The Morgan fingerprint density at radius 3 is 2.52 bits per heavy atom. The number of esters is 1. The Labute approximate surface area is 159 Å². The highest BCUT2D eigenvalue weighted by atomic mass is 16.5. The quantitative estimate of drug-likeness (QED) is 0.782. The van der Waals surface area contributed by atoms with Crippen LogP contribution in [0, 0.1) is 20.8 Å². The van der Waals surface area contributed by atoms with Crippen molar-refractivity contribution in [2.45, 2.75) is 52.7 Å². The van der Waals surface area contributed by atoms with Crippen LogP contribution < -0.4 is 10.1 Å². The minimum atomic E-state index is -0.924. The van der Waals surface area contributed by atoms with E-state index >= 15 is 0 Å². The second-order valence-electron chi connectivity index (χ2n) is 7.13. The molecule has 0 saturated heterocycles. The zero-order valence-corrected chi connectivity index (χ0v) is 16.5. The van der Waals surface area contributed by atoms with Gasteiger partial charge in [0, 0.05) is 17.4 Å². The average molecular weight is 370 g/mol. The smallest absolute Gasteiger partial charge is 0.340 e. The molecule has 1 aliphatic carbocycles. The van der Waals surface area contributed by atoms with Gasteiger partial charge in [0.05, 0.1) is 18.4 Å². The number of nitrogens with one attached hydrogen (secondary N) is 1. The number of nitrogens with zero attached hydrogens (tertiary/aromatic N) is 1. The maximum atomic E-state index is 12.6. The highest BCUT2D eigenvalue weighted by Crippen LogP contribution is 2.38. The first kappa shape index (κ1) is 19.0. The predicted octanol–water partition coefficient (Wildman–Crippen LogP) is 3.94. The lowest BCUT2D eigenvalue weighted by Gasteiger charge is -2.16. The van der Waals surface area contributed by atoms with Crippen LogP contribution in [0.5, 0.6) is 5.75 Å². The van der Waals surface area contributed by atoms with Gasteiger partial charge < -0.3 is 19.4 Å². The Bertz CT molecular complexity index is 881. The summed E-state index contributed by atoms with van der Waals surface area (Å²) in [6.07, 6.45) is 1.36. The van der Waals surface area contributed by atoms with Crippen LogP contribution in [0.25, 0.3) is 0 Å². The second-order valence-corrected chi connectivity index (χ2v) is 7.13. The summed E-state index contributed by atoms with van der Waals surface area (Å²) < 4.78 is 12.9. The summed E-state index contributed by atoms with van der Waals surface area (Å²) in [5, 5.41) is 2.77. The van der Waals surface area contributed by atoms with E-state index in [0.717, 1.165) is 29.8 Å². The molecule has 1 atom stereocenters. The molecule has 1 saturated carbocycles. The number of rotatable bonds is 6. The lowest BCUT2D eigenvalue weighted by molar-refractivity contribution is -0.123. The highest BCUT2D eigenvalue weighted by Gasteiger charge is 2.29. The number of carbonyl (C=O) groups is 2. The lowest BCUT2D eigenvalue weighted by atomic mass is 10.2. The summed E-state index contributed by atoms with van der Waals surface area (Å²) in [5.41, 5.74) is 4.00. The third-order valence-electron chi connectivity index (χ3n) is 4.88. The first-order valence-corrected chi connectivity index (χ1v) is 9.16. The van der Waals surface area contributed by atoms with Crippen LogP contribution in [0.1, 0.15) is 53.1 Å². The van der Waals surface area contributed by atoms with E-state index in [1.165, 1.54) is 0 Å². The number of anilines is 1. The fourth-order valence-electron chi connectivity index (χ4n) is 3.31. The van der Waals surface area contributed by atoms with Gasteiger partial charge in [-0.3, -0.25) is 4.79 Å². The van der Waals surface area contributed by atoms with E-state index in [1.807, 2.05) is 39.0 Å². The van der Waals surface area contributed by atoms with Crippen molar-refractivity contribution in [3.8, 4) is 5.75 Å². The minimum absolute atomic E-state index is 0.400. The summed E-state index contributed by atoms with van der Waals surface area (Å²) in [7, 11) is 1.54. The van der Waals surface area contributed by atoms with E-state index in [9.17, 15) is 9.59 Å². The van der Waals surface area contributed by atoms with Gasteiger partial charge in [0.25, 0.3) is 5.91 Å². The van der Waals surface area contributed by atoms with Gasteiger partial charge in [-0.2, -0.15) is 0 Å². The molecule has 144 valence electrons. The molecular weight excluding hydrogens is 344 g/mol. The SMILES string of the molecule is COc1ccc(C)cc1NC(=O)[C@@H](C)OC(=O)c1cc(C)n(C2CC2)c1C. The third-order valence-corrected chi connectivity index (χ3v) is 4.88. The minimum Gasteiger partial charge on any atom is -0.495 e. The maximum absolute atomic E-state index is 12.6. The molecule has 6 heteroatoms. The van der Waals surface area contributed by atoms with Crippen molar-refractivity contribution in [2.75, 3.05) is 12.4 Å². The number of carbonyl (C=O) groups excluding carboxylic acids is 2. The Balaban J connectivity index is 1.69. The molecule has 0 aliphatic heterocycles. The van der Waals surface area contributed by atoms with Crippen molar-refractivity contribution in [1.29, 1.82) is 0 Å². The normalized spacial score (nSPS) is 14.6. The number of ether oxygens (including phenoxy) is 2. The molecule has 3 rings (SSSR count). The fraction of sp³-hybridized carbons (Fsp3) is 0.429. The van der Waals surface area contributed by atoms with Gasteiger partial charge in [0.1, 0.15) is 5.75 Å². The van der Waals surface area contributed by atoms with Gasteiger partial charge >= 0.3 is 5.97 Å². The molecule has 1 N–H and O–H groups in total. The Morgan fingerprint density at radius 2 is 1.89 bits per heavy atom. The molecule has 1 heterocycles. The van der Waals surface area contributed by atoms with Crippen LogP contribution >= 0.6 is 0 Å². The monoisotopic (exact) mass is 370 g/mol. The third kappa shape index (κ3) is 3.99. The molecule has 0 bridgehead atoms. The van der Waals surface area contributed by atoms with Crippen LogP contribution in [-0.2, 0) is 9.53 Å². The van der Waals surface area contributed by atoms with Gasteiger partial charge in [-0.25, -0.2) is 4.79 Å². The van der Waals surface area contributed by atoms with Crippen LogP contribution in [0.3, 0.4) is 0 Å². The summed E-state index contributed by atoms with van der Waals surface area (Å²) in [6.45, 7) is 7.40. The van der Waals surface area contributed by atoms with E-state index in [4.69, 9.17) is 9.47 Å². The summed E-state index contributed by atoms with van der Waals surface area (Å²) in [4.78, 5) is 25.1. The lowest BCUT2D eigenvalue weighted by Crippen LogP contribution is -2.30.